The number of fused-ring (bicyclic) bond motifs is 1. The van der Waals surface area contributed by atoms with E-state index in [1.54, 1.807) is 24.7 Å². The molecule has 5 aromatic rings. The lowest BCUT2D eigenvalue weighted by atomic mass is 10.0. The summed E-state index contributed by atoms with van der Waals surface area (Å²) in [4.78, 5) is 24.1. The average molecular weight is 455 g/mol. The minimum Gasteiger partial charge on any atom is -0.365 e. The Kier molecular flexibility index (Phi) is 5.55. The number of hydrogen-bond donors (Lipinski definition) is 3. The summed E-state index contributed by atoms with van der Waals surface area (Å²) in [6.07, 6.45) is 7.73. The van der Waals surface area contributed by atoms with Crippen molar-refractivity contribution in [3.05, 3.63) is 96.0 Å². The molecular formula is C26H23FN6O. The number of anilines is 2. The normalized spacial score (nSPS) is 11.1. The Morgan fingerprint density at radius 2 is 2.03 bits per heavy atom. The van der Waals surface area contributed by atoms with Crippen molar-refractivity contribution in [1.82, 2.24) is 19.5 Å². The largest absolute Gasteiger partial charge is 0.365 e. The molecule has 0 spiro atoms. The lowest BCUT2D eigenvalue weighted by Gasteiger charge is -2.17. The van der Waals surface area contributed by atoms with Gasteiger partial charge in [0.1, 0.15) is 11.5 Å². The van der Waals surface area contributed by atoms with Crippen LogP contribution in [0.2, 0.25) is 0 Å². The number of carbonyl (C=O) groups excluding carboxylic acids is 1. The highest BCUT2D eigenvalue weighted by Crippen LogP contribution is 2.34. The Hall–Kier alpha value is -4.46. The molecule has 34 heavy (non-hydrogen) atoms. The van der Waals surface area contributed by atoms with Gasteiger partial charge in [0.05, 0.1) is 17.6 Å². The summed E-state index contributed by atoms with van der Waals surface area (Å²) in [6, 6.07) is 14.1. The minimum absolute atomic E-state index is 0.291. The van der Waals surface area contributed by atoms with Crippen LogP contribution in [0.5, 0.6) is 0 Å². The van der Waals surface area contributed by atoms with Gasteiger partial charge in [0, 0.05) is 41.9 Å². The Balaban J connectivity index is 1.61. The fourth-order valence-corrected chi connectivity index (χ4v) is 4.21. The van der Waals surface area contributed by atoms with E-state index in [1.807, 2.05) is 29.0 Å². The molecule has 0 aliphatic carbocycles. The van der Waals surface area contributed by atoms with E-state index in [0.29, 0.717) is 23.4 Å². The summed E-state index contributed by atoms with van der Waals surface area (Å²) >= 11 is 0. The highest BCUT2D eigenvalue weighted by Gasteiger charge is 2.18. The maximum Gasteiger partial charge on any atom is 0.252 e. The van der Waals surface area contributed by atoms with Crippen LogP contribution in [-0.2, 0) is 13.0 Å². The van der Waals surface area contributed by atoms with Gasteiger partial charge in [-0.25, -0.2) is 14.4 Å². The van der Waals surface area contributed by atoms with Crippen molar-refractivity contribution in [2.45, 2.75) is 19.9 Å². The lowest BCUT2D eigenvalue weighted by molar-refractivity contribution is 0.100. The van der Waals surface area contributed by atoms with Crippen molar-refractivity contribution in [3.8, 4) is 11.3 Å². The van der Waals surface area contributed by atoms with Gasteiger partial charge < -0.3 is 20.6 Å². The number of imidazole rings is 1. The number of H-pyrrole nitrogens is 1. The number of hydrogen-bond acceptors (Lipinski definition) is 4. The van der Waals surface area contributed by atoms with Crippen LogP contribution < -0.4 is 11.1 Å². The standard InChI is InChI=1S/C26H23FN6O/c1-2-19-17(14-33-11-10-29-15-33)4-3-5-22(19)31-24-20-12-23(16-6-8-18(27)9-7-16)32-26(20)30-13-21(24)25(28)34/h3-13,15H,2,14H2,1H3,(H2,28,34)(H2,30,31,32). The first kappa shape index (κ1) is 21.4. The summed E-state index contributed by atoms with van der Waals surface area (Å²) in [7, 11) is 0. The summed E-state index contributed by atoms with van der Waals surface area (Å²) in [5, 5.41) is 4.18. The molecule has 0 aliphatic heterocycles. The lowest BCUT2D eigenvalue weighted by Crippen LogP contribution is -2.14. The number of rotatable bonds is 7. The van der Waals surface area contributed by atoms with Gasteiger partial charge in [-0.3, -0.25) is 4.79 Å². The Morgan fingerprint density at radius 1 is 1.21 bits per heavy atom. The van der Waals surface area contributed by atoms with E-state index >= 15 is 0 Å². The Bertz CT molecular complexity index is 1470. The molecule has 3 heterocycles. The van der Waals surface area contributed by atoms with E-state index in [4.69, 9.17) is 5.73 Å². The summed E-state index contributed by atoms with van der Waals surface area (Å²) < 4.78 is 15.4. The molecule has 0 radical (unpaired) electrons. The first-order chi connectivity index (χ1) is 16.5. The molecule has 0 atom stereocenters. The van der Waals surface area contributed by atoms with Gasteiger partial charge >= 0.3 is 0 Å². The van der Waals surface area contributed by atoms with Crippen LogP contribution >= 0.6 is 0 Å². The first-order valence-electron chi connectivity index (χ1n) is 10.9. The zero-order valence-corrected chi connectivity index (χ0v) is 18.5. The number of halogens is 1. The molecule has 0 unspecified atom stereocenters. The van der Waals surface area contributed by atoms with Crippen molar-refractivity contribution in [2.24, 2.45) is 5.73 Å². The molecule has 4 N–H and O–H groups in total. The van der Waals surface area contributed by atoms with E-state index in [-0.39, 0.29) is 5.82 Å². The molecule has 0 bridgehead atoms. The third kappa shape index (κ3) is 4.01. The number of nitrogens with one attached hydrogen (secondary N) is 2. The molecule has 1 amide bonds. The topological polar surface area (TPSA) is 102 Å². The number of primary amides is 1. The number of amides is 1. The van der Waals surface area contributed by atoms with Crippen molar-refractivity contribution >= 4 is 28.3 Å². The number of pyridine rings is 1. The summed E-state index contributed by atoms with van der Waals surface area (Å²) in [5.41, 5.74) is 11.9. The van der Waals surface area contributed by atoms with Gasteiger partial charge in [-0.2, -0.15) is 0 Å². The second-order valence-electron chi connectivity index (χ2n) is 8.02. The van der Waals surface area contributed by atoms with Gasteiger partial charge in [0.25, 0.3) is 5.91 Å². The van der Waals surface area contributed by atoms with Crippen molar-refractivity contribution in [2.75, 3.05) is 5.32 Å². The molecular weight excluding hydrogens is 431 g/mol. The molecule has 170 valence electrons. The van der Waals surface area contributed by atoms with E-state index in [1.165, 1.54) is 18.3 Å². The van der Waals surface area contributed by atoms with E-state index in [9.17, 15) is 9.18 Å². The molecule has 8 heteroatoms. The zero-order chi connectivity index (χ0) is 23.7. The second-order valence-corrected chi connectivity index (χ2v) is 8.02. The van der Waals surface area contributed by atoms with Crippen LogP contribution in [0.1, 0.15) is 28.4 Å². The monoisotopic (exact) mass is 454 g/mol. The zero-order valence-electron chi connectivity index (χ0n) is 18.5. The van der Waals surface area contributed by atoms with E-state index < -0.39 is 5.91 Å². The van der Waals surface area contributed by atoms with Crippen LogP contribution in [0, 0.1) is 5.82 Å². The highest BCUT2D eigenvalue weighted by atomic mass is 19.1. The van der Waals surface area contributed by atoms with Gasteiger partial charge in [-0.05, 0) is 59.5 Å². The molecule has 3 aromatic heterocycles. The third-order valence-electron chi connectivity index (χ3n) is 5.88. The van der Waals surface area contributed by atoms with E-state index in [2.05, 4.69) is 33.3 Å². The minimum atomic E-state index is -0.575. The van der Waals surface area contributed by atoms with E-state index in [0.717, 1.165) is 39.9 Å². The summed E-state index contributed by atoms with van der Waals surface area (Å²) in [5.74, 6) is -0.881. The Labute approximate surface area is 195 Å². The predicted molar refractivity (Wildman–Crippen MR) is 130 cm³/mol. The van der Waals surface area contributed by atoms with Crippen LogP contribution in [0.25, 0.3) is 22.3 Å². The smallest absolute Gasteiger partial charge is 0.252 e. The van der Waals surface area contributed by atoms with Gasteiger partial charge in [0.15, 0.2) is 0 Å². The number of carbonyl (C=O) groups is 1. The third-order valence-corrected chi connectivity index (χ3v) is 5.88. The average Bonchev–Trinajstić information content (AvgIpc) is 3.50. The molecule has 5 rings (SSSR count). The molecule has 0 saturated carbocycles. The molecule has 0 aliphatic rings. The van der Waals surface area contributed by atoms with Gasteiger partial charge in [-0.15, -0.1) is 0 Å². The number of nitrogens with two attached hydrogens (primary N) is 1. The predicted octanol–water partition coefficient (Wildman–Crippen LogP) is 5.02. The first-order valence-corrected chi connectivity index (χ1v) is 10.9. The van der Waals surface area contributed by atoms with Crippen LogP contribution in [-0.4, -0.2) is 25.4 Å². The maximum absolute atomic E-state index is 13.4. The number of nitrogens with zero attached hydrogens (tertiary/aromatic N) is 3. The van der Waals surface area contributed by atoms with Crippen LogP contribution in [0.15, 0.2) is 73.4 Å². The summed E-state index contributed by atoms with van der Waals surface area (Å²) in [6.45, 7) is 2.78. The number of aromatic amines is 1. The fraction of sp³-hybridized carbons (Fsp3) is 0.115. The SMILES string of the molecule is CCc1c(Cn2ccnc2)cccc1Nc1c(C(N)=O)cnc2[nH]c(-c3ccc(F)cc3)cc12. The molecule has 0 saturated heterocycles. The van der Waals surface area contributed by atoms with Crippen molar-refractivity contribution < 1.29 is 9.18 Å². The number of aromatic nitrogens is 4. The van der Waals surface area contributed by atoms with Gasteiger partial charge in [0.2, 0.25) is 0 Å². The quantitative estimate of drug-likeness (QED) is 0.321. The fourth-order valence-electron chi connectivity index (χ4n) is 4.21. The second kappa shape index (κ2) is 8.82. The van der Waals surface area contributed by atoms with Gasteiger partial charge in [-0.1, -0.05) is 19.1 Å². The highest BCUT2D eigenvalue weighted by molar-refractivity contribution is 6.08. The van der Waals surface area contributed by atoms with Crippen LogP contribution in [0.3, 0.4) is 0 Å². The Morgan fingerprint density at radius 3 is 2.74 bits per heavy atom. The maximum atomic E-state index is 13.4. The number of benzene rings is 2. The molecule has 7 nitrogen and oxygen atoms in total. The van der Waals surface area contributed by atoms with Crippen molar-refractivity contribution in [1.29, 1.82) is 0 Å². The van der Waals surface area contributed by atoms with Crippen molar-refractivity contribution in [3.63, 3.8) is 0 Å². The van der Waals surface area contributed by atoms with Crippen LogP contribution in [0.4, 0.5) is 15.8 Å². The molecule has 0 fully saturated rings. The molecule has 2 aromatic carbocycles.